The number of hydrogen-bond acceptors (Lipinski definition) is 5. The molecule has 1 rings (SSSR count). The molecule has 0 saturated heterocycles. The number of ether oxygens (including phenoxy) is 1. The Morgan fingerprint density at radius 3 is 2.67 bits per heavy atom. The smallest absolute Gasteiger partial charge is 0.305 e. The average Bonchev–Trinajstić information content (AvgIpc) is 2.97. The lowest BCUT2D eigenvalue weighted by molar-refractivity contribution is -0.143. The molecule has 0 saturated carbocycles. The molecule has 136 valence electrons. The summed E-state index contributed by atoms with van der Waals surface area (Å²) in [4.78, 5) is 21.0. The highest BCUT2D eigenvalue weighted by molar-refractivity contribution is 7.11. The lowest BCUT2D eigenvalue weighted by Gasteiger charge is -2.11. The van der Waals surface area contributed by atoms with Crippen molar-refractivity contribution in [3.63, 3.8) is 0 Å². The molecule has 0 aromatic carbocycles. The van der Waals surface area contributed by atoms with Crippen LogP contribution in [0, 0.1) is 6.92 Å². The molecule has 0 aliphatic heterocycles. The minimum atomic E-state index is -0.0874. The molecular formula is C17H30N4O2S. The lowest BCUT2D eigenvalue weighted by Crippen LogP contribution is -2.38. The predicted molar refractivity (Wildman–Crippen MR) is 99.6 cm³/mol. The Bertz CT molecular complexity index is 503. The summed E-state index contributed by atoms with van der Waals surface area (Å²) in [6, 6.07) is 0. The van der Waals surface area contributed by atoms with Crippen LogP contribution in [0.5, 0.6) is 0 Å². The summed E-state index contributed by atoms with van der Waals surface area (Å²) < 4.78 is 4.91. The second-order valence-electron chi connectivity index (χ2n) is 5.51. The van der Waals surface area contributed by atoms with E-state index in [-0.39, 0.29) is 5.97 Å². The van der Waals surface area contributed by atoms with Crippen LogP contribution in [0.25, 0.3) is 0 Å². The monoisotopic (exact) mass is 354 g/mol. The van der Waals surface area contributed by atoms with Gasteiger partial charge in [-0.15, -0.1) is 11.3 Å². The van der Waals surface area contributed by atoms with Crippen LogP contribution in [-0.4, -0.2) is 43.7 Å². The Kier molecular flexibility index (Phi) is 10.8. The van der Waals surface area contributed by atoms with Crippen molar-refractivity contribution in [2.45, 2.75) is 52.4 Å². The maximum absolute atomic E-state index is 11.2. The minimum Gasteiger partial charge on any atom is -0.466 e. The average molecular weight is 355 g/mol. The van der Waals surface area contributed by atoms with Crippen molar-refractivity contribution in [1.82, 2.24) is 15.6 Å². The zero-order valence-corrected chi connectivity index (χ0v) is 15.9. The topological polar surface area (TPSA) is 75.6 Å². The molecule has 2 N–H and O–H groups in total. The molecule has 0 unspecified atom stereocenters. The zero-order valence-electron chi connectivity index (χ0n) is 15.1. The van der Waals surface area contributed by atoms with Gasteiger partial charge in [-0.05, 0) is 26.7 Å². The first-order valence-corrected chi connectivity index (χ1v) is 9.48. The first-order chi connectivity index (χ1) is 11.7. The molecule has 0 fully saturated rings. The van der Waals surface area contributed by atoms with Crippen LogP contribution in [-0.2, 0) is 16.0 Å². The van der Waals surface area contributed by atoms with E-state index >= 15 is 0 Å². The summed E-state index contributed by atoms with van der Waals surface area (Å²) >= 11 is 1.74. The highest BCUT2D eigenvalue weighted by Crippen LogP contribution is 2.10. The lowest BCUT2D eigenvalue weighted by atomic mass is 10.1. The Morgan fingerprint density at radius 2 is 2.00 bits per heavy atom. The highest BCUT2D eigenvalue weighted by Gasteiger charge is 2.02. The van der Waals surface area contributed by atoms with E-state index in [4.69, 9.17) is 4.74 Å². The molecule has 24 heavy (non-hydrogen) atoms. The van der Waals surface area contributed by atoms with Crippen molar-refractivity contribution in [2.24, 2.45) is 4.99 Å². The first kappa shape index (κ1) is 20.4. The molecule has 0 amide bonds. The summed E-state index contributed by atoms with van der Waals surface area (Å²) in [5.41, 5.74) is 0. The van der Waals surface area contributed by atoms with E-state index in [1.54, 1.807) is 18.4 Å². The molecule has 6 nitrogen and oxygen atoms in total. The Labute approximate surface area is 149 Å². The number of thiazole rings is 1. The van der Waals surface area contributed by atoms with Crippen molar-refractivity contribution in [1.29, 1.82) is 0 Å². The number of nitrogens with one attached hydrogen (secondary N) is 2. The third-order valence-electron chi connectivity index (χ3n) is 3.43. The molecule has 0 aliphatic rings. The SMILES string of the molecule is CCOC(=O)CCCCCCNC(=NC)NCCc1ncc(C)s1. The van der Waals surface area contributed by atoms with Gasteiger partial charge in [0.1, 0.15) is 0 Å². The fraction of sp³-hybridized carbons (Fsp3) is 0.706. The third kappa shape index (κ3) is 9.50. The van der Waals surface area contributed by atoms with Gasteiger partial charge in [-0.1, -0.05) is 12.8 Å². The summed E-state index contributed by atoms with van der Waals surface area (Å²) in [5, 5.41) is 7.76. The number of carbonyl (C=O) groups is 1. The molecule has 0 spiro atoms. The van der Waals surface area contributed by atoms with E-state index in [1.165, 1.54) is 4.88 Å². The molecule has 1 aromatic rings. The van der Waals surface area contributed by atoms with Gasteiger partial charge in [0, 0.05) is 44.1 Å². The highest BCUT2D eigenvalue weighted by atomic mass is 32.1. The predicted octanol–water partition coefficient (Wildman–Crippen LogP) is 2.67. The van der Waals surface area contributed by atoms with Gasteiger partial charge in [0.2, 0.25) is 0 Å². The van der Waals surface area contributed by atoms with Crippen molar-refractivity contribution < 1.29 is 9.53 Å². The van der Waals surface area contributed by atoms with Crippen LogP contribution in [0.15, 0.2) is 11.2 Å². The summed E-state index contributed by atoms with van der Waals surface area (Å²) in [6.07, 6.45) is 7.47. The van der Waals surface area contributed by atoms with E-state index in [0.29, 0.717) is 13.0 Å². The van der Waals surface area contributed by atoms with Crippen LogP contribution in [0.3, 0.4) is 0 Å². The second kappa shape index (κ2) is 12.8. The fourth-order valence-corrected chi connectivity index (χ4v) is 3.00. The number of aromatic nitrogens is 1. The molecule has 7 heteroatoms. The van der Waals surface area contributed by atoms with Gasteiger partial charge in [0.15, 0.2) is 5.96 Å². The quantitative estimate of drug-likeness (QED) is 0.277. The molecule has 0 aliphatic carbocycles. The standard InChI is InChI=1S/C17H30N4O2S/c1-4-23-16(22)9-7-5-6-8-11-19-17(18-3)20-12-10-15-21-13-14(2)24-15/h13H,4-12H2,1-3H3,(H2,18,19,20). The number of aliphatic imine (C=N–C) groups is 1. The Balaban J connectivity index is 2.00. The van der Waals surface area contributed by atoms with Crippen molar-refractivity contribution >= 4 is 23.3 Å². The second-order valence-corrected chi connectivity index (χ2v) is 6.83. The molecule has 0 bridgehead atoms. The maximum atomic E-state index is 11.2. The van der Waals surface area contributed by atoms with E-state index in [0.717, 1.165) is 56.2 Å². The molecule has 0 radical (unpaired) electrons. The van der Waals surface area contributed by atoms with Gasteiger partial charge in [0.25, 0.3) is 0 Å². The van der Waals surface area contributed by atoms with Crippen LogP contribution in [0.1, 0.15) is 48.9 Å². The number of aryl methyl sites for hydroxylation is 1. The van der Waals surface area contributed by atoms with E-state index in [2.05, 4.69) is 27.5 Å². The van der Waals surface area contributed by atoms with Crippen LogP contribution in [0.2, 0.25) is 0 Å². The number of guanidine groups is 1. The first-order valence-electron chi connectivity index (χ1n) is 8.67. The number of nitrogens with zero attached hydrogens (tertiary/aromatic N) is 2. The normalized spacial score (nSPS) is 11.4. The van der Waals surface area contributed by atoms with Crippen molar-refractivity contribution in [2.75, 3.05) is 26.7 Å². The number of unbranched alkanes of at least 4 members (excludes halogenated alkanes) is 3. The number of hydrogen-bond donors (Lipinski definition) is 2. The number of rotatable bonds is 11. The van der Waals surface area contributed by atoms with Crippen molar-refractivity contribution in [3.05, 3.63) is 16.1 Å². The van der Waals surface area contributed by atoms with E-state index in [9.17, 15) is 4.79 Å². The van der Waals surface area contributed by atoms with Gasteiger partial charge in [-0.2, -0.15) is 0 Å². The van der Waals surface area contributed by atoms with Crippen LogP contribution < -0.4 is 10.6 Å². The Morgan fingerprint density at radius 1 is 1.25 bits per heavy atom. The molecule has 1 heterocycles. The zero-order chi connectivity index (χ0) is 17.6. The number of carbonyl (C=O) groups excluding carboxylic acids is 1. The van der Waals surface area contributed by atoms with Gasteiger partial charge < -0.3 is 15.4 Å². The summed E-state index contributed by atoms with van der Waals surface area (Å²) in [5.74, 6) is 0.741. The van der Waals surface area contributed by atoms with Gasteiger partial charge >= 0.3 is 5.97 Å². The van der Waals surface area contributed by atoms with E-state index in [1.807, 2.05) is 13.1 Å². The van der Waals surface area contributed by atoms with Gasteiger partial charge in [-0.3, -0.25) is 9.79 Å². The Hall–Kier alpha value is -1.63. The minimum absolute atomic E-state index is 0.0874. The van der Waals surface area contributed by atoms with Crippen molar-refractivity contribution in [3.8, 4) is 0 Å². The molecular weight excluding hydrogens is 324 g/mol. The maximum Gasteiger partial charge on any atom is 0.305 e. The van der Waals surface area contributed by atoms with E-state index < -0.39 is 0 Å². The van der Waals surface area contributed by atoms with Crippen LogP contribution >= 0.6 is 11.3 Å². The number of esters is 1. The van der Waals surface area contributed by atoms with Crippen LogP contribution in [0.4, 0.5) is 0 Å². The van der Waals surface area contributed by atoms with Gasteiger partial charge in [0.05, 0.1) is 11.6 Å². The third-order valence-corrected chi connectivity index (χ3v) is 4.40. The summed E-state index contributed by atoms with van der Waals surface area (Å²) in [7, 11) is 1.78. The largest absolute Gasteiger partial charge is 0.466 e. The molecule has 1 aromatic heterocycles. The summed E-state index contributed by atoms with van der Waals surface area (Å²) in [6.45, 7) is 6.09. The molecule has 0 atom stereocenters. The van der Waals surface area contributed by atoms with Gasteiger partial charge in [-0.25, -0.2) is 4.98 Å². The fourth-order valence-electron chi connectivity index (χ4n) is 2.21.